The highest BCUT2D eigenvalue weighted by Crippen LogP contribution is 2.36. The van der Waals surface area contributed by atoms with E-state index in [0.717, 1.165) is 28.4 Å². The molecule has 0 aliphatic rings. The second kappa shape index (κ2) is 7.98. The zero-order valence-electron chi connectivity index (χ0n) is 16.1. The molecule has 0 saturated heterocycles. The van der Waals surface area contributed by atoms with E-state index >= 15 is 0 Å². The molecule has 0 amide bonds. The van der Waals surface area contributed by atoms with Crippen LogP contribution in [0.2, 0.25) is 0 Å². The van der Waals surface area contributed by atoms with Crippen LogP contribution in [0.1, 0.15) is 23.3 Å². The second-order valence-electron chi connectivity index (χ2n) is 6.76. The fourth-order valence-electron chi connectivity index (χ4n) is 2.95. The van der Waals surface area contributed by atoms with E-state index in [0.29, 0.717) is 17.0 Å². The molecule has 30 heavy (non-hydrogen) atoms. The van der Waals surface area contributed by atoms with Crippen LogP contribution in [0.3, 0.4) is 0 Å². The van der Waals surface area contributed by atoms with E-state index in [1.54, 1.807) is 30.2 Å². The molecule has 0 spiro atoms. The van der Waals surface area contributed by atoms with Crippen molar-refractivity contribution < 1.29 is 17.7 Å². The smallest absolute Gasteiger partial charge is 0.356 e. The third kappa shape index (κ3) is 4.25. The van der Waals surface area contributed by atoms with Crippen LogP contribution < -0.4 is 0 Å². The van der Waals surface area contributed by atoms with E-state index in [2.05, 4.69) is 22.3 Å². The van der Waals surface area contributed by atoms with Gasteiger partial charge in [-0.05, 0) is 30.7 Å². The topological polar surface area (TPSA) is 56.7 Å². The lowest BCUT2D eigenvalue weighted by Gasteiger charge is -2.11. The molecule has 0 saturated carbocycles. The van der Waals surface area contributed by atoms with Crippen LogP contribution in [0.15, 0.2) is 70.6 Å². The van der Waals surface area contributed by atoms with E-state index in [1.807, 2.05) is 35.9 Å². The monoisotopic (exact) mass is 430 g/mol. The van der Waals surface area contributed by atoms with Gasteiger partial charge in [0.25, 0.3) is 0 Å². The number of alkyl halides is 3. The van der Waals surface area contributed by atoms with Crippen LogP contribution >= 0.6 is 11.8 Å². The lowest BCUT2D eigenvalue weighted by atomic mass is 10.0. The maximum absolute atomic E-state index is 13.0. The molecular weight excluding hydrogens is 413 g/mol. The van der Waals surface area contributed by atoms with Gasteiger partial charge in [-0.2, -0.15) is 13.2 Å². The molecule has 4 rings (SSSR count). The maximum atomic E-state index is 13.0. The van der Waals surface area contributed by atoms with E-state index < -0.39 is 11.7 Å². The van der Waals surface area contributed by atoms with E-state index in [-0.39, 0.29) is 5.25 Å². The number of halogens is 3. The number of rotatable bonds is 5. The van der Waals surface area contributed by atoms with Crippen LogP contribution in [-0.2, 0) is 13.2 Å². The number of thioether (sulfide) groups is 1. The molecule has 0 aliphatic carbocycles. The number of aryl methyl sites for hydroxylation is 1. The highest BCUT2D eigenvalue weighted by molar-refractivity contribution is 7.99. The highest BCUT2D eigenvalue weighted by Gasteiger charge is 2.30. The molecule has 0 fully saturated rings. The Morgan fingerprint density at radius 3 is 2.53 bits per heavy atom. The van der Waals surface area contributed by atoms with Crippen molar-refractivity contribution in [1.29, 1.82) is 0 Å². The van der Waals surface area contributed by atoms with Crippen molar-refractivity contribution in [3.8, 4) is 22.6 Å². The van der Waals surface area contributed by atoms with Gasteiger partial charge in [-0.3, -0.25) is 0 Å². The second-order valence-corrected chi connectivity index (χ2v) is 8.07. The van der Waals surface area contributed by atoms with Crippen LogP contribution in [-0.4, -0.2) is 19.9 Å². The Bertz CT molecular complexity index is 1170. The van der Waals surface area contributed by atoms with Crippen LogP contribution in [0.4, 0.5) is 13.2 Å². The number of nitrogens with zero attached hydrogens (tertiary/aromatic N) is 4. The van der Waals surface area contributed by atoms with Gasteiger partial charge in [-0.1, -0.05) is 47.3 Å². The van der Waals surface area contributed by atoms with Gasteiger partial charge >= 0.3 is 6.18 Å². The summed E-state index contributed by atoms with van der Waals surface area (Å²) in [4.78, 5) is 0. The Hall–Kier alpha value is -3.07. The molecule has 0 aliphatic heterocycles. The third-order valence-electron chi connectivity index (χ3n) is 4.59. The summed E-state index contributed by atoms with van der Waals surface area (Å²) in [5, 5.41) is 12.9. The number of aromatic nitrogens is 4. The summed E-state index contributed by atoms with van der Waals surface area (Å²) in [5.41, 5.74) is 1.83. The van der Waals surface area contributed by atoms with Gasteiger partial charge < -0.3 is 9.09 Å². The average Bonchev–Trinajstić information content (AvgIpc) is 3.37. The van der Waals surface area contributed by atoms with Gasteiger partial charge in [0.2, 0.25) is 0 Å². The molecule has 2 aromatic heterocycles. The van der Waals surface area contributed by atoms with Crippen LogP contribution in [0.5, 0.6) is 0 Å². The van der Waals surface area contributed by atoms with Crippen molar-refractivity contribution >= 4 is 11.8 Å². The fourth-order valence-corrected chi connectivity index (χ4v) is 3.86. The summed E-state index contributed by atoms with van der Waals surface area (Å²) in [6, 6.07) is 14.4. The lowest BCUT2D eigenvalue weighted by molar-refractivity contribution is -0.137. The minimum absolute atomic E-state index is 0.110. The van der Waals surface area contributed by atoms with E-state index in [9.17, 15) is 13.2 Å². The minimum atomic E-state index is -4.41. The first kappa shape index (κ1) is 20.2. The fraction of sp³-hybridized carbons (Fsp3) is 0.190. The minimum Gasteiger partial charge on any atom is -0.356 e. The van der Waals surface area contributed by atoms with Crippen LogP contribution in [0, 0.1) is 0 Å². The van der Waals surface area contributed by atoms with Crippen molar-refractivity contribution in [2.45, 2.75) is 23.5 Å². The first-order valence-electron chi connectivity index (χ1n) is 9.06. The van der Waals surface area contributed by atoms with E-state index in [1.165, 1.54) is 6.07 Å². The molecule has 154 valence electrons. The summed E-state index contributed by atoms with van der Waals surface area (Å²) in [6.45, 7) is 2.06. The molecule has 0 N–H and O–H groups in total. The van der Waals surface area contributed by atoms with Gasteiger partial charge in [0, 0.05) is 29.5 Å². The lowest BCUT2D eigenvalue weighted by Crippen LogP contribution is -2.04. The van der Waals surface area contributed by atoms with Gasteiger partial charge in [0.1, 0.15) is 12.0 Å². The van der Waals surface area contributed by atoms with Gasteiger partial charge in [-0.25, -0.2) is 0 Å². The van der Waals surface area contributed by atoms with Gasteiger partial charge in [0.15, 0.2) is 10.9 Å². The average molecular weight is 430 g/mol. The summed E-state index contributed by atoms with van der Waals surface area (Å²) in [5.74, 6) is 0.486. The maximum Gasteiger partial charge on any atom is 0.416 e. The SMILES string of the molecule is CC(Sc1nncn1C)c1cccc(-c2cc(-c3cccc(C(F)(F)F)c3)no2)c1. The molecule has 1 atom stereocenters. The molecular formula is C21H17F3N4OS. The quantitative estimate of drug-likeness (QED) is 0.363. The molecule has 9 heteroatoms. The normalized spacial score (nSPS) is 12.8. The first-order chi connectivity index (χ1) is 14.3. The zero-order chi connectivity index (χ0) is 21.3. The van der Waals surface area contributed by atoms with Crippen molar-refractivity contribution in [1.82, 2.24) is 19.9 Å². The first-order valence-corrected chi connectivity index (χ1v) is 9.94. The largest absolute Gasteiger partial charge is 0.416 e. The van der Waals surface area contributed by atoms with Crippen molar-refractivity contribution in [3.05, 3.63) is 72.1 Å². The number of benzene rings is 2. The van der Waals surface area contributed by atoms with Crippen molar-refractivity contribution in [3.63, 3.8) is 0 Å². The molecule has 0 radical (unpaired) electrons. The van der Waals surface area contributed by atoms with Crippen LogP contribution in [0.25, 0.3) is 22.6 Å². The molecule has 4 aromatic rings. The standard InChI is InChI=1S/C21H17F3N4OS/c1-13(30-20-26-25-12-28(20)2)14-5-3-7-16(9-14)19-11-18(27-29-19)15-6-4-8-17(10-15)21(22,23)24/h3-13H,1-2H3. The molecule has 1 unspecified atom stereocenters. The predicted molar refractivity (Wildman–Crippen MR) is 108 cm³/mol. The number of hydrogen-bond acceptors (Lipinski definition) is 5. The molecule has 2 heterocycles. The van der Waals surface area contributed by atoms with E-state index in [4.69, 9.17) is 4.52 Å². The predicted octanol–water partition coefficient (Wildman–Crippen LogP) is 6.01. The van der Waals surface area contributed by atoms with Gasteiger partial charge in [-0.15, -0.1) is 10.2 Å². The summed E-state index contributed by atoms with van der Waals surface area (Å²) >= 11 is 1.58. The summed E-state index contributed by atoms with van der Waals surface area (Å²) in [6.07, 6.45) is -2.76. The Labute approximate surface area is 174 Å². The van der Waals surface area contributed by atoms with Gasteiger partial charge in [0.05, 0.1) is 5.56 Å². The summed E-state index contributed by atoms with van der Waals surface area (Å²) < 4.78 is 46.2. The Morgan fingerprint density at radius 2 is 1.80 bits per heavy atom. The molecule has 2 aromatic carbocycles. The summed E-state index contributed by atoms with van der Waals surface area (Å²) in [7, 11) is 1.88. The Kier molecular flexibility index (Phi) is 5.38. The van der Waals surface area contributed by atoms with Crippen molar-refractivity contribution in [2.75, 3.05) is 0 Å². The zero-order valence-corrected chi connectivity index (χ0v) is 16.9. The highest BCUT2D eigenvalue weighted by atomic mass is 32.2. The third-order valence-corrected chi connectivity index (χ3v) is 5.79. The molecule has 0 bridgehead atoms. The number of hydrogen-bond donors (Lipinski definition) is 0. The van der Waals surface area contributed by atoms with Crippen molar-refractivity contribution in [2.24, 2.45) is 7.05 Å². The Morgan fingerprint density at radius 1 is 1.03 bits per heavy atom. The Balaban J connectivity index is 1.58. The molecule has 5 nitrogen and oxygen atoms in total.